The molecule has 190 valence electrons. The molecule has 2 aliphatic rings. The quantitative estimate of drug-likeness (QED) is 0.559. The molecule has 2 heterocycles. The maximum Gasteiger partial charge on any atom is 0.330 e. The summed E-state index contributed by atoms with van der Waals surface area (Å²) in [6.45, 7) is 5.38. The van der Waals surface area contributed by atoms with Crippen LogP contribution >= 0.6 is 0 Å². The fourth-order valence-electron chi connectivity index (χ4n) is 4.68. The largest absolute Gasteiger partial charge is 0.491 e. The number of alkyl halides is 2. The Labute approximate surface area is 207 Å². The summed E-state index contributed by atoms with van der Waals surface area (Å²) >= 11 is 0. The normalized spacial score (nSPS) is 17.9. The first kappa shape index (κ1) is 25.5. The van der Waals surface area contributed by atoms with E-state index >= 15 is 0 Å². The van der Waals surface area contributed by atoms with Crippen LogP contribution in [0.25, 0.3) is 0 Å². The van der Waals surface area contributed by atoms with E-state index in [1.54, 1.807) is 18.2 Å². The summed E-state index contributed by atoms with van der Waals surface area (Å²) in [5.41, 5.74) is 1.67. The number of imide groups is 1. The van der Waals surface area contributed by atoms with Crippen molar-refractivity contribution in [2.75, 3.05) is 0 Å². The maximum absolute atomic E-state index is 15.0. The SMILES string of the molecule is Cc1cc(OC(C)C)ccc1C(F)(F)C(=O)CCc1ccc2c(c1)CN(C1CCC(=O)NC1=O)C2=O. The number of Topliss-reactive ketones (excluding diaryl/α,β-unsaturated/α-hetero) is 1. The summed E-state index contributed by atoms with van der Waals surface area (Å²) in [7, 11) is 0. The standard InChI is InChI=1S/C27H28F2N2O5/c1-15(2)36-19-6-8-21(16(3)12-19)27(28,29)23(32)10-5-17-4-7-20-18(13-17)14-31(26(20)35)22-9-11-24(33)30-25(22)34/h4,6-8,12-13,15,22H,5,9-11,14H2,1-3H3,(H,30,33,34). The van der Waals surface area contributed by atoms with E-state index in [0.29, 0.717) is 22.4 Å². The number of fused-ring (bicyclic) bond motifs is 1. The minimum absolute atomic E-state index is 0.0852. The molecular weight excluding hydrogens is 470 g/mol. The third-order valence-electron chi connectivity index (χ3n) is 6.49. The number of rotatable bonds is 8. The number of amides is 3. The van der Waals surface area contributed by atoms with Crippen LogP contribution in [-0.4, -0.2) is 40.6 Å². The van der Waals surface area contributed by atoms with Gasteiger partial charge in [-0.05, 0) is 74.6 Å². The van der Waals surface area contributed by atoms with Gasteiger partial charge in [0, 0.05) is 30.5 Å². The molecule has 1 saturated heterocycles. The molecule has 1 unspecified atom stereocenters. The predicted molar refractivity (Wildman–Crippen MR) is 127 cm³/mol. The van der Waals surface area contributed by atoms with E-state index in [1.165, 1.54) is 30.0 Å². The number of carbonyl (C=O) groups is 4. The molecule has 2 aliphatic heterocycles. The summed E-state index contributed by atoms with van der Waals surface area (Å²) in [4.78, 5) is 50.4. The van der Waals surface area contributed by atoms with Crippen LogP contribution < -0.4 is 10.1 Å². The zero-order chi connectivity index (χ0) is 26.2. The fraction of sp³-hybridized carbons (Fsp3) is 0.407. The Hall–Kier alpha value is -3.62. The minimum atomic E-state index is -3.64. The summed E-state index contributed by atoms with van der Waals surface area (Å²) in [5, 5.41) is 2.25. The van der Waals surface area contributed by atoms with Crippen LogP contribution in [0.3, 0.4) is 0 Å². The van der Waals surface area contributed by atoms with Gasteiger partial charge in [0.25, 0.3) is 5.91 Å². The first-order chi connectivity index (χ1) is 17.0. The molecule has 7 nitrogen and oxygen atoms in total. The topological polar surface area (TPSA) is 92.8 Å². The Kier molecular flexibility index (Phi) is 6.93. The highest BCUT2D eigenvalue weighted by atomic mass is 19.3. The van der Waals surface area contributed by atoms with Crippen LogP contribution in [-0.2, 0) is 33.3 Å². The molecule has 0 radical (unpaired) electrons. The predicted octanol–water partition coefficient (Wildman–Crippen LogP) is 3.84. The van der Waals surface area contributed by atoms with Crippen molar-refractivity contribution < 1.29 is 32.7 Å². The minimum Gasteiger partial charge on any atom is -0.491 e. The Morgan fingerprint density at radius 1 is 1.17 bits per heavy atom. The molecule has 36 heavy (non-hydrogen) atoms. The van der Waals surface area contributed by atoms with Crippen LogP contribution in [0.5, 0.6) is 5.75 Å². The Bertz CT molecular complexity index is 1240. The molecule has 0 saturated carbocycles. The van der Waals surface area contributed by atoms with Gasteiger partial charge in [0.15, 0.2) is 0 Å². The van der Waals surface area contributed by atoms with Crippen molar-refractivity contribution in [2.24, 2.45) is 0 Å². The number of nitrogens with one attached hydrogen (secondary N) is 1. The van der Waals surface area contributed by atoms with Crippen LogP contribution in [0, 0.1) is 6.92 Å². The van der Waals surface area contributed by atoms with Crippen LogP contribution in [0.2, 0.25) is 0 Å². The van der Waals surface area contributed by atoms with E-state index in [2.05, 4.69) is 5.32 Å². The second-order valence-electron chi connectivity index (χ2n) is 9.53. The molecule has 2 aromatic carbocycles. The van der Waals surface area contributed by atoms with Gasteiger partial charge < -0.3 is 9.64 Å². The second-order valence-corrected chi connectivity index (χ2v) is 9.53. The highest BCUT2D eigenvalue weighted by Crippen LogP contribution is 2.35. The molecule has 0 bridgehead atoms. The number of nitrogens with zero attached hydrogens (tertiary/aromatic N) is 1. The number of piperidine rings is 1. The van der Waals surface area contributed by atoms with E-state index in [1.807, 2.05) is 13.8 Å². The zero-order valence-electron chi connectivity index (χ0n) is 20.4. The summed E-state index contributed by atoms with van der Waals surface area (Å²) in [5.74, 6) is -5.54. The molecule has 4 rings (SSSR count). The summed E-state index contributed by atoms with van der Waals surface area (Å²) in [6.07, 6.45) is 0.0223. The molecular formula is C27H28F2N2O5. The van der Waals surface area contributed by atoms with E-state index in [-0.39, 0.29) is 61.3 Å². The number of ether oxygens (including phenoxy) is 1. The van der Waals surface area contributed by atoms with Gasteiger partial charge >= 0.3 is 5.92 Å². The van der Waals surface area contributed by atoms with E-state index in [4.69, 9.17) is 4.74 Å². The summed E-state index contributed by atoms with van der Waals surface area (Å²) in [6, 6.07) is 8.39. The van der Waals surface area contributed by atoms with Crippen LogP contribution in [0.15, 0.2) is 36.4 Å². The van der Waals surface area contributed by atoms with Gasteiger partial charge in [-0.15, -0.1) is 0 Å². The van der Waals surface area contributed by atoms with Crippen molar-refractivity contribution in [1.82, 2.24) is 10.2 Å². The Morgan fingerprint density at radius 2 is 1.92 bits per heavy atom. The summed E-state index contributed by atoms with van der Waals surface area (Å²) < 4.78 is 35.5. The number of carbonyl (C=O) groups excluding carboxylic acids is 4. The van der Waals surface area contributed by atoms with Crippen LogP contribution in [0.4, 0.5) is 8.78 Å². The molecule has 0 aromatic heterocycles. The van der Waals surface area contributed by atoms with Crippen molar-refractivity contribution in [3.63, 3.8) is 0 Å². The number of aryl methyl sites for hydroxylation is 2. The van der Waals surface area contributed by atoms with Gasteiger partial charge in [0.2, 0.25) is 17.6 Å². The maximum atomic E-state index is 15.0. The lowest BCUT2D eigenvalue weighted by Gasteiger charge is -2.29. The lowest BCUT2D eigenvalue weighted by molar-refractivity contribution is -0.144. The van der Waals surface area contributed by atoms with Gasteiger partial charge in [0.1, 0.15) is 11.8 Å². The van der Waals surface area contributed by atoms with Crippen molar-refractivity contribution in [3.05, 3.63) is 64.2 Å². The third kappa shape index (κ3) is 5.01. The molecule has 9 heteroatoms. The number of halogens is 2. The highest BCUT2D eigenvalue weighted by Gasteiger charge is 2.42. The molecule has 1 N–H and O–H groups in total. The van der Waals surface area contributed by atoms with Crippen molar-refractivity contribution in [3.8, 4) is 5.75 Å². The lowest BCUT2D eigenvalue weighted by atomic mass is 9.95. The first-order valence-corrected chi connectivity index (χ1v) is 11.9. The fourth-order valence-corrected chi connectivity index (χ4v) is 4.68. The number of benzene rings is 2. The number of hydrogen-bond donors (Lipinski definition) is 1. The molecule has 1 atom stereocenters. The monoisotopic (exact) mass is 498 g/mol. The molecule has 1 fully saturated rings. The van der Waals surface area contributed by atoms with Gasteiger partial charge in [-0.1, -0.05) is 12.1 Å². The average Bonchev–Trinajstić information content (AvgIpc) is 3.12. The van der Waals surface area contributed by atoms with Gasteiger partial charge in [-0.3, -0.25) is 24.5 Å². The Morgan fingerprint density at radius 3 is 2.58 bits per heavy atom. The number of ketones is 1. The smallest absolute Gasteiger partial charge is 0.330 e. The third-order valence-corrected chi connectivity index (χ3v) is 6.49. The number of hydrogen-bond acceptors (Lipinski definition) is 5. The van der Waals surface area contributed by atoms with E-state index in [9.17, 15) is 28.0 Å². The van der Waals surface area contributed by atoms with E-state index < -0.39 is 23.7 Å². The lowest BCUT2D eigenvalue weighted by Crippen LogP contribution is -2.52. The highest BCUT2D eigenvalue weighted by molar-refractivity contribution is 6.05. The molecule has 3 amide bonds. The zero-order valence-corrected chi connectivity index (χ0v) is 20.4. The van der Waals surface area contributed by atoms with Crippen LogP contribution in [0.1, 0.15) is 65.7 Å². The molecule has 0 spiro atoms. The van der Waals surface area contributed by atoms with Gasteiger partial charge in [0.05, 0.1) is 6.10 Å². The molecule has 0 aliphatic carbocycles. The second kappa shape index (κ2) is 9.79. The van der Waals surface area contributed by atoms with Crippen molar-refractivity contribution in [2.45, 2.75) is 71.1 Å². The van der Waals surface area contributed by atoms with Gasteiger partial charge in [-0.25, -0.2) is 0 Å². The van der Waals surface area contributed by atoms with Gasteiger partial charge in [-0.2, -0.15) is 8.78 Å². The Balaban J connectivity index is 1.42. The van der Waals surface area contributed by atoms with E-state index in [0.717, 1.165) is 0 Å². The van der Waals surface area contributed by atoms with Crippen molar-refractivity contribution in [1.29, 1.82) is 0 Å². The average molecular weight is 499 g/mol. The first-order valence-electron chi connectivity index (χ1n) is 11.9. The van der Waals surface area contributed by atoms with Crippen molar-refractivity contribution >= 4 is 23.5 Å². The molecule has 2 aromatic rings.